The number of rotatable bonds is 4. The highest BCUT2D eigenvalue weighted by Crippen LogP contribution is 2.45. The fourth-order valence-electron chi connectivity index (χ4n) is 2.07. The Morgan fingerprint density at radius 3 is 2.44 bits per heavy atom. The van der Waals surface area contributed by atoms with Crippen molar-refractivity contribution in [3.05, 3.63) is 0 Å². The third-order valence-electron chi connectivity index (χ3n) is 2.85. The number of oxime groups is 1. The van der Waals surface area contributed by atoms with E-state index in [1.165, 1.54) is 0 Å². The van der Waals surface area contributed by atoms with Crippen LogP contribution in [0.25, 0.3) is 0 Å². The third kappa shape index (κ3) is 2.07. The lowest BCUT2D eigenvalue weighted by atomic mass is 9.61. The first-order chi connectivity index (χ1) is 7.42. The number of nitrogens with zero attached hydrogens (tertiary/aromatic N) is 1. The van der Waals surface area contributed by atoms with Crippen LogP contribution in [-0.2, 0) is 9.59 Å². The van der Waals surface area contributed by atoms with Gasteiger partial charge in [-0.2, -0.15) is 0 Å². The Hall–Kier alpha value is -1.79. The normalized spacial score (nSPS) is 29.3. The Morgan fingerprint density at radius 2 is 2.06 bits per heavy atom. The van der Waals surface area contributed by atoms with Crippen LogP contribution in [0.15, 0.2) is 5.16 Å². The molecule has 0 aromatic rings. The van der Waals surface area contributed by atoms with Crippen LogP contribution >= 0.6 is 0 Å². The summed E-state index contributed by atoms with van der Waals surface area (Å²) in [6, 6.07) is 0. The van der Waals surface area contributed by atoms with Crippen LogP contribution in [0.2, 0.25) is 0 Å². The SMILES string of the molecule is CC1CC(C(=O)NCC(N)=O)(C(N)=NO)C1. The van der Waals surface area contributed by atoms with E-state index in [1.807, 2.05) is 6.92 Å². The monoisotopic (exact) mass is 228 g/mol. The Kier molecular flexibility index (Phi) is 3.36. The van der Waals surface area contributed by atoms with Gasteiger partial charge in [0.1, 0.15) is 5.41 Å². The molecule has 0 aromatic heterocycles. The number of carbonyl (C=O) groups excluding carboxylic acids is 2. The average molecular weight is 228 g/mol. The van der Waals surface area contributed by atoms with Gasteiger partial charge in [-0.3, -0.25) is 9.59 Å². The van der Waals surface area contributed by atoms with E-state index in [0.29, 0.717) is 18.8 Å². The zero-order valence-corrected chi connectivity index (χ0v) is 9.06. The number of carbonyl (C=O) groups is 2. The summed E-state index contributed by atoms with van der Waals surface area (Å²) in [6.07, 6.45) is 1.01. The molecule has 0 saturated heterocycles. The Bertz CT molecular complexity index is 334. The van der Waals surface area contributed by atoms with Crippen molar-refractivity contribution in [2.75, 3.05) is 6.54 Å². The van der Waals surface area contributed by atoms with Gasteiger partial charge in [-0.25, -0.2) is 0 Å². The van der Waals surface area contributed by atoms with Crippen molar-refractivity contribution < 1.29 is 14.8 Å². The highest BCUT2D eigenvalue weighted by Gasteiger charge is 2.52. The molecule has 1 aliphatic carbocycles. The minimum atomic E-state index is -0.983. The van der Waals surface area contributed by atoms with Crippen molar-refractivity contribution in [3.8, 4) is 0 Å². The van der Waals surface area contributed by atoms with Gasteiger partial charge in [-0.1, -0.05) is 12.1 Å². The van der Waals surface area contributed by atoms with E-state index in [0.717, 1.165) is 0 Å². The summed E-state index contributed by atoms with van der Waals surface area (Å²) >= 11 is 0. The quantitative estimate of drug-likeness (QED) is 0.207. The minimum Gasteiger partial charge on any atom is -0.409 e. The first-order valence-electron chi connectivity index (χ1n) is 4.97. The lowest BCUT2D eigenvalue weighted by Gasteiger charge is -2.43. The van der Waals surface area contributed by atoms with Gasteiger partial charge in [0, 0.05) is 0 Å². The Balaban J connectivity index is 2.72. The topological polar surface area (TPSA) is 131 Å². The zero-order valence-electron chi connectivity index (χ0n) is 9.06. The minimum absolute atomic E-state index is 0.118. The van der Waals surface area contributed by atoms with Crippen molar-refractivity contribution in [2.24, 2.45) is 28.0 Å². The molecule has 1 rings (SSSR count). The smallest absolute Gasteiger partial charge is 0.236 e. The molecule has 0 atom stereocenters. The number of amides is 2. The molecule has 7 nitrogen and oxygen atoms in total. The summed E-state index contributed by atoms with van der Waals surface area (Å²) in [5.41, 5.74) is 9.44. The lowest BCUT2D eigenvalue weighted by molar-refractivity contribution is -0.134. The summed E-state index contributed by atoms with van der Waals surface area (Å²) < 4.78 is 0. The molecule has 90 valence electrons. The van der Waals surface area contributed by atoms with E-state index in [2.05, 4.69) is 10.5 Å². The van der Waals surface area contributed by atoms with Crippen LogP contribution in [0.4, 0.5) is 0 Å². The van der Waals surface area contributed by atoms with Gasteiger partial charge < -0.3 is 22.0 Å². The van der Waals surface area contributed by atoms with Crippen LogP contribution < -0.4 is 16.8 Å². The molecule has 0 aliphatic heterocycles. The predicted molar refractivity (Wildman–Crippen MR) is 56.4 cm³/mol. The van der Waals surface area contributed by atoms with Gasteiger partial charge in [0.15, 0.2) is 5.84 Å². The van der Waals surface area contributed by atoms with Crippen LogP contribution in [0, 0.1) is 11.3 Å². The van der Waals surface area contributed by atoms with Gasteiger partial charge in [0.25, 0.3) is 0 Å². The second-order valence-corrected chi connectivity index (χ2v) is 4.23. The highest BCUT2D eigenvalue weighted by atomic mass is 16.4. The molecular formula is C9H16N4O3. The van der Waals surface area contributed by atoms with Gasteiger partial charge in [0.05, 0.1) is 6.54 Å². The molecule has 1 saturated carbocycles. The molecule has 0 heterocycles. The fourth-order valence-corrected chi connectivity index (χ4v) is 2.07. The van der Waals surface area contributed by atoms with Crippen molar-refractivity contribution in [1.82, 2.24) is 5.32 Å². The maximum atomic E-state index is 11.8. The van der Waals surface area contributed by atoms with Crippen LogP contribution in [0.3, 0.4) is 0 Å². The van der Waals surface area contributed by atoms with Crippen molar-refractivity contribution in [1.29, 1.82) is 0 Å². The molecule has 0 bridgehead atoms. The third-order valence-corrected chi connectivity index (χ3v) is 2.85. The number of amidine groups is 1. The van der Waals surface area contributed by atoms with E-state index in [1.54, 1.807) is 0 Å². The van der Waals surface area contributed by atoms with Gasteiger partial charge >= 0.3 is 0 Å². The molecule has 7 heteroatoms. The number of nitrogens with one attached hydrogen (secondary N) is 1. The Labute approximate surface area is 92.8 Å². The first kappa shape index (κ1) is 12.3. The number of hydrogen-bond acceptors (Lipinski definition) is 4. The lowest BCUT2D eigenvalue weighted by Crippen LogP contribution is -2.57. The highest BCUT2D eigenvalue weighted by molar-refractivity contribution is 6.08. The van der Waals surface area contributed by atoms with Gasteiger partial charge in [-0.05, 0) is 18.8 Å². The first-order valence-corrected chi connectivity index (χ1v) is 4.97. The predicted octanol–water partition coefficient (Wildman–Crippen LogP) is -1.25. The second-order valence-electron chi connectivity index (χ2n) is 4.23. The molecule has 0 unspecified atom stereocenters. The number of primary amides is 1. The summed E-state index contributed by atoms with van der Waals surface area (Å²) in [5.74, 6) is -0.831. The molecule has 0 spiro atoms. The van der Waals surface area contributed by atoms with E-state index in [-0.39, 0.29) is 12.4 Å². The summed E-state index contributed by atoms with van der Waals surface area (Å²) in [4.78, 5) is 22.3. The average Bonchev–Trinajstić information content (AvgIpc) is 2.19. The van der Waals surface area contributed by atoms with Crippen molar-refractivity contribution in [2.45, 2.75) is 19.8 Å². The van der Waals surface area contributed by atoms with Crippen molar-refractivity contribution >= 4 is 17.6 Å². The maximum absolute atomic E-state index is 11.8. The van der Waals surface area contributed by atoms with E-state index in [4.69, 9.17) is 16.7 Å². The molecule has 1 fully saturated rings. The van der Waals surface area contributed by atoms with E-state index >= 15 is 0 Å². The zero-order chi connectivity index (χ0) is 12.3. The Morgan fingerprint density at radius 1 is 1.50 bits per heavy atom. The molecule has 0 aromatic carbocycles. The standard InChI is InChI=1S/C9H16N4O3/c1-5-2-9(3-5,7(11)13-16)8(15)12-4-6(10)14/h5,16H,2-4H2,1H3,(H2,10,14)(H2,11,13)(H,12,15). The van der Waals surface area contributed by atoms with Gasteiger partial charge in [0.2, 0.25) is 11.8 Å². The van der Waals surface area contributed by atoms with Crippen LogP contribution in [-0.4, -0.2) is 29.4 Å². The number of hydrogen-bond donors (Lipinski definition) is 4. The number of nitrogens with two attached hydrogens (primary N) is 2. The largest absolute Gasteiger partial charge is 0.409 e. The molecular weight excluding hydrogens is 212 g/mol. The van der Waals surface area contributed by atoms with Gasteiger partial charge in [-0.15, -0.1) is 0 Å². The maximum Gasteiger partial charge on any atom is 0.236 e. The molecule has 1 aliphatic rings. The fraction of sp³-hybridized carbons (Fsp3) is 0.667. The van der Waals surface area contributed by atoms with E-state index < -0.39 is 17.2 Å². The molecule has 16 heavy (non-hydrogen) atoms. The van der Waals surface area contributed by atoms with Crippen molar-refractivity contribution in [3.63, 3.8) is 0 Å². The summed E-state index contributed by atoms with van der Waals surface area (Å²) in [5, 5.41) is 13.9. The summed E-state index contributed by atoms with van der Waals surface area (Å²) in [7, 11) is 0. The second kappa shape index (κ2) is 4.38. The van der Waals surface area contributed by atoms with Crippen LogP contribution in [0.5, 0.6) is 0 Å². The van der Waals surface area contributed by atoms with Crippen LogP contribution in [0.1, 0.15) is 19.8 Å². The molecule has 0 radical (unpaired) electrons. The summed E-state index contributed by atoms with van der Waals surface area (Å²) in [6.45, 7) is 1.72. The molecule has 6 N–H and O–H groups in total. The molecule has 2 amide bonds. The van der Waals surface area contributed by atoms with E-state index in [9.17, 15) is 9.59 Å².